The summed E-state index contributed by atoms with van der Waals surface area (Å²) < 4.78 is 39.2. The zero-order valence-electron chi connectivity index (χ0n) is 8.00. The maximum absolute atomic E-state index is 13.3. The molecule has 80 valence electrons. The van der Waals surface area contributed by atoms with Gasteiger partial charge in [-0.25, -0.2) is 13.2 Å². The van der Waals surface area contributed by atoms with E-state index in [2.05, 4.69) is 4.98 Å². The summed E-state index contributed by atoms with van der Waals surface area (Å²) in [5.41, 5.74) is 6.63. The van der Waals surface area contributed by atoms with E-state index >= 15 is 0 Å². The monoisotopic (exact) mass is 214 g/mol. The first kappa shape index (κ1) is 10.0. The average molecular weight is 214 g/mol. The zero-order chi connectivity index (χ0) is 11.2. The van der Waals surface area contributed by atoms with Gasteiger partial charge in [-0.15, -0.1) is 0 Å². The third kappa shape index (κ3) is 1.31. The maximum Gasteiger partial charge on any atom is 0.196 e. The molecule has 0 aliphatic carbocycles. The van der Waals surface area contributed by atoms with Gasteiger partial charge in [0, 0.05) is 17.6 Å². The van der Waals surface area contributed by atoms with Crippen LogP contribution in [0.2, 0.25) is 0 Å². The Bertz CT molecular complexity index is 531. The molecule has 0 saturated heterocycles. The first-order valence-electron chi connectivity index (χ1n) is 4.41. The molecule has 15 heavy (non-hydrogen) atoms. The van der Waals surface area contributed by atoms with E-state index in [9.17, 15) is 13.2 Å². The van der Waals surface area contributed by atoms with Gasteiger partial charge in [0.05, 0.1) is 5.52 Å². The molecule has 0 amide bonds. The second-order valence-electron chi connectivity index (χ2n) is 3.34. The number of fused-ring (bicyclic) bond motifs is 1. The molecule has 1 aromatic heterocycles. The number of benzene rings is 1. The van der Waals surface area contributed by atoms with Gasteiger partial charge < -0.3 is 10.7 Å². The summed E-state index contributed by atoms with van der Waals surface area (Å²) in [6.45, 7) is 1.83. The van der Waals surface area contributed by atoms with Crippen molar-refractivity contribution >= 4 is 10.9 Å². The molecule has 2 nitrogen and oxygen atoms in total. The van der Waals surface area contributed by atoms with Gasteiger partial charge >= 0.3 is 0 Å². The van der Waals surface area contributed by atoms with Crippen molar-refractivity contribution in [1.82, 2.24) is 4.98 Å². The summed E-state index contributed by atoms with van der Waals surface area (Å²) in [7, 11) is 0. The number of aromatic nitrogens is 1. The summed E-state index contributed by atoms with van der Waals surface area (Å²) in [6, 6.07) is 0.958. The van der Waals surface area contributed by atoms with Crippen molar-refractivity contribution in [2.45, 2.75) is 13.5 Å². The van der Waals surface area contributed by atoms with Gasteiger partial charge in [-0.1, -0.05) is 0 Å². The quantitative estimate of drug-likeness (QED) is 0.703. The molecule has 3 N–H and O–H groups in total. The molecule has 0 bridgehead atoms. The van der Waals surface area contributed by atoms with E-state index < -0.39 is 17.5 Å². The van der Waals surface area contributed by atoms with Crippen molar-refractivity contribution in [3.8, 4) is 0 Å². The minimum atomic E-state index is -1.47. The topological polar surface area (TPSA) is 41.8 Å². The highest BCUT2D eigenvalue weighted by atomic mass is 19.2. The highest BCUT2D eigenvalue weighted by Crippen LogP contribution is 2.27. The van der Waals surface area contributed by atoms with Crippen LogP contribution in [0.3, 0.4) is 0 Å². The van der Waals surface area contributed by atoms with Gasteiger partial charge in [0.1, 0.15) is 0 Å². The Balaban J connectivity index is 2.92. The molecule has 1 heterocycles. The van der Waals surface area contributed by atoms with Crippen molar-refractivity contribution in [1.29, 1.82) is 0 Å². The predicted molar refractivity (Wildman–Crippen MR) is 50.8 cm³/mol. The van der Waals surface area contributed by atoms with Gasteiger partial charge in [0.15, 0.2) is 17.5 Å². The van der Waals surface area contributed by atoms with E-state index in [1.807, 2.05) is 0 Å². The second kappa shape index (κ2) is 3.27. The molecule has 0 saturated carbocycles. The molecule has 0 spiro atoms. The fourth-order valence-electron chi connectivity index (χ4n) is 1.68. The molecule has 0 aliphatic rings. The summed E-state index contributed by atoms with van der Waals surface area (Å²) in [5, 5.41) is 0.298. The average Bonchev–Trinajstić information content (AvgIpc) is 2.51. The minimum Gasteiger partial charge on any atom is -0.356 e. The Morgan fingerprint density at radius 1 is 1.27 bits per heavy atom. The van der Waals surface area contributed by atoms with E-state index in [0.717, 1.165) is 6.07 Å². The van der Waals surface area contributed by atoms with Crippen molar-refractivity contribution in [3.05, 3.63) is 34.8 Å². The zero-order valence-corrected chi connectivity index (χ0v) is 8.00. The molecule has 2 rings (SSSR count). The molecule has 5 heteroatoms. The summed E-state index contributed by atoms with van der Waals surface area (Å²) in [4.78, 5) is 2.65. The molecule has 0 radical (unpaired) electrons. The lowest BCUT2D eigenvalue weighted by molar-refractivity contribution is 0.453. The summed E-state index contributed by atoms with van der Waals surface area (Å²) in [6.07, 6.45) is 0. The van der Waals surface area contributed by atoms with Crippen molar-refractivity contribution in [2.24, 2.45) is 5.73 Å². The van der Waals surface area contributed by atoms with Crippen LogP contribution in [0, 0.1) is 24.4 Å². The van der Waals surface area contributed by atoms with E-state index in [1.165, 1.54) is 0 Å². The Kier molecular flexibility index (Phi) is 2.19. The van der Waals surface area contributed by atoms with Crippen LogP contribution in [0.1, 0.15) is 11.3 Å². The standard InChI is InChI=1S/C10H9F3N2/c1-4-6(3-14)5-2-7(11)8(12)9(13)10(5)15-4/h2,15H,3,14H2,1H3. The Hall–Kier alpha value is -1.49. The minimum absolute atomic E-state index is 0.0353. The SMILES string of the molecule is Cc1[nH]c2c(F)c(F)c(F)cc2c1CN. The molecule has 0 atom stereocenters. The number of H-pyrrole nitrogens is 1. The van der Waals surface area contributed by atoms with Crippen molar-refractivity contribution in [2.75, 3.05) is 0 Å². The first-order valence-corrected chi connectivity index (χ1v) is 4.41. The van der Waals surface area contributed by atoms with Crippen LogP contribution in [0.5, 0.6) is 0 Å². The fourth-order valence-corrected chi connectivity index (χ4v) is 1.68. The smallest absolute Gasteiger partial charge is 0.196 e. The van der Waals surface area contributed by atoms with Gasteiger partial charge in [-0.3, -0.25) is 0 Å². The number of aryl methyl sites for hydroxylation is 1. The highest BCUT2D eigenvalue weighted by molar-refractivity contribution is 5.85. The number of nitrogens with two attached hydrogens (primary N) is 1. The molecule has 2 aromatic rings. The molecular weight excluding hydrogens is 205 g/mol. The fraction of sp³-hybridized carbons (Fsp3) is 0.200. The number of nitrogens with one attached hydrogen (secondary N) is 1. The summed E-state index contributed by atoms with van der Waals surface area (Å²) in [5.74, 6) is -3.87. The molecular formula is C10H9F3N2. The van der Waals surface area contributed by atoms with Crippen LogP contribution in [0.15, 0.2) is 6.07 Å². The molecule has 1 aromatic carbocycles. The number of rotatable bonds is 1. The Morgan fingerprint density at radius 2 is 1.93 bits per heavy atom. The normalized spacial score (nSPS) is 11.3. The van der Waals surface area contributed by atoms with E-state index in [0.29, 0.717) is 16.6 Å². The Labute approximate surface area is 83.9 Å². The van der Waals surface area contributed by atoms with Crippen LogP contribution < -0.4 is 5.73 Å². The Morgan fingerprint density at radius 3 is 2.53 bits per heavy atom. The number of aromatic amines is 1. The molecule has 0 unspecified atom stereocenters. The van der Waals surface area contributed by atoms with Gasteiger partial charge in [0.25, 0.3) is 0 Å². The first-order chi connectivity index (χ1) is 7.06. The lowest BCUT2D eigenvalue weighted by atomic mass is 10.1. The predicted octanol–water partition coefficient (Wildman–Crippen LogP) is 2.35. The lowest BCUT2D eigenvalue weighted by Crippen LogP contribution is -1.97. The van der Waals surface area contributed by atoms with E-state index in [-0.39, 0.29) is 12.1 Å². The van der Waals surface area contributed by atoms with E-state index in [4.69, 9.17) is 5.73 Å². The molecule has 0 fully saturated rings. The highest BCUT2D eigenvalue weighted by Gasteiger charge is 2.18. The summed E-state index contributed by atoms with van der Waals surface area (Å²) >= 11 is 0. The third-order valence-corrected chi connectivity index (χ3v) is 2.46. The third-order valence-electron chi connectivity index (χ3n) is 2.46. The van der Waals surface area contributed by atoms with Crippen molar-refractivity contribution in [3.63, 3.8) is 0 Å². The van der Waals surface area contributed by atoms with Crippen LogP contribution in [0.4, 0.5) is 13.2 Å². The van der Waals surface area contributed by atoms with Gasteiger partial charge in [-0.05, 0) is 18.6 Å². The second-order valence-corrected chi connectivity index (χ2v) is 3.34. The largest absolute Gasteiger partial charge is 0.356 e. The number of hydrogen-bond donors (Lipinski definition) is 2. The van der Waals surface area contributed by atoms with Gasteiger partial charge in [-0.2, -0.15) is 0 Å². The number of halogens is 3. The van der Waals surface area contributed by atoms with Gasteiger partial charge in [0.2, 0.25) is 0 Å². The van der Waals surface area contributed by atoms with Crippen molar-refractivity contribution < 1.29 is 13.2 Å². The molecule has 0 aliphatic heterocycles. The maximum atomic E-state index is 13.3. The van der Waals surface area contributed by atoms with E-state index in [1.54, 1.807) is 6.92 Å². The van der Waals surface area contributed by atoms with Crippen LogP contribution in [-0.2, 0) is 6.54 Å². The lowest BCUT2D eigenvalue weighted by Gasteiger charge is -1.98. The van der Waals surface area contributed by atoms with Crippen LogP contribution in [-0.4, -0.2) is 4.98 Å². The van der Waals surface area contributed by atoms with Crippen LogP contribution >= 0.6 is 0 Å². The van der Waals surface area contributed by atoms with Crippen LogP contribution in [0.25, 0.3) is 10.9 Å². The number of hydrogen-bond acceptors (Lipinski definition) is 1.